The minimum absolute atomic E-state index is 0.104. The van der Waals surface area contributed by atoms with E-state index in [1.807, 2.05) is 30.3 Å². The zero-order valence-corrected chi connectivity index (χ0v) is 10.1. The molecule has 0 saturated carbocycles. The molecular weight excluding hydrogens is 231 g/mol. The maximum absolute atomic E-state index is 13.2. The summed E-state index contributed by atoms with van der Waals surface area (Å²) in [6.07, 6.45) is -0.834. The summed E-state index contributed by atoms with van der Waals surface area (Å²) in [5.74, 6) is 0.341. The SMILES string of the molecule is Cc1cc(F)cc(C(O)COc2ccccc2)c1. The maximum atomic E-state index is 13.2. The number of aliphatic hydroxyl groups excluding tert-OH is 1. The average molecular weight is 246 g/mol. The van der Waals surface area contributed by atoms with Crippen LogP contribution in [-0.2, 0) is 0 Å². The Morgan fingerprint density at radius 1 is 1.17 bits per heavy atom. The van der Waals surface area contributed by atoms with Gasteiger partial charge in [0, 0.05) is 0 Å². The van der Waals surface area contributed by atoms with E-state index in [0.29, 0.717) is 11.3 Å². The number of para-hydroxylation sites is 1. The summed E-state index contributed by atoms with van der Waals surface area (Å²) in [7, 11) is 0. The van der Waals surface area contributed by atoms with E-state index >= 15 is 0 Å². The van der Waals surface area contributed by atoms with Gasteiger partial charge in [-0.1, -0.05) is 24.3 Å². The second-order valence-electron chi connectivity index (χ2n) is 4.20. The molecule has 94 valence electrons. The summed E-state index contributed by atoms with van der Waals surface area (Å²) in [5, 5.41) is 9.94. The minimum atomic E-state index is -0.834. The minimum Gasteiger partial charge on any atom is -0.491 e. The topological polar surface area (TPSA) is 29.5 Å². The Bertz CT molecular complexity index is 491. The second-order valence-corrected chi connectivity index (χ2v) is 4.20. The van der Waals surface area contributed by atoms with Crippen molar-refractivity contribution in [2.45, 2.75) is 13.0 Å². The van der Waals surface area contributed by atoms with Gasteiger partial charge in [-0.05, 0) is 42.3 Å². The molecule has 2 aromatic rings. The number of aryl methyl sites for hydroxylation is 1. The third-order valence-corrected chi connectivity index (χ3v) is 2.60. The van der Waals surface area contributed by atoms with E-state index in [0.717, 1.165) is 5.56 Å². The molecular formula is C15H15FO2. The zero-order chi connectivity index (χ0) is 13.0. The van der Waals surface area contributed by atoms with E-state index in [9.17, 15) is 9.50 Å². The molecule has 0 spiro atoms. The van der Waals surface area contributed by atoms with Gasteiger partial charge < -0.3 is 9.84 Å². The Kier molecular flexibility index (Phi) is 3.95. The molecule has 1 unspecified atom stereocenters. The van der Waals surface area contributed by atoms with E-state index < -0.39 is 6.10 Å². The highest BCUT2D eigenvalue weighted by atomic mass is 19.1. The summed E-state index contributed by atoms with van der Waals surface area (Å²) >= 11 is 0. The van der Waals surface area contributed by atoms with Gasteiger partial charge in [-0.25, -0.2) is 4.39 Å². The van der Waals surface area contributed by atoms with Crippen molar-refractivity contribution in [1.29, 1.82) is 0 Å². The first kappa shape index (κ1) is 12.6. The molecule has 0 bridgehead atoms. The highest BCUT2D eigenvalue weighted by Crippen LogP contribution is 2.18. The molecule has 1 atom stereocenters. The number of rotatable bonds is 4. The normalized spacial score (nSPS) is 12.2. The van der Waals surface area contributed by atoms with Crippen LogP contribution in [-0.4, -0.2) is 11.7 Å². The Morgan fingerprint density at radius 2 is 1.89 bits per heavy atom. The lowest BCUT2D eigenvalue weighted by Crippen LogP contribution is -2.10. The van der Waals surface area contributed by atoms with Crippen LogP contribution in [0.5, 0.6) is 5.75 Å². The fourth-order valence-electron chi connectivity index (χ4n) is 1.75. The van der Waals surface area contributed by atoms with Crippen LogP contribution in [0.3, 0.4) is 0 Å². The maximum Gasteiger partial charge on any atom is 0.123 e. The van der Waals surface area contributed by atoms with Crippen molar-refractivity contribution >= 4 is 0 Å². The number of hydrogen-bond donors (Lipinski definition) is 1. The van der Waals surface area contributed by atoms with Gasteiger partial charge in [-0.3, -0.25) is 0 Å². The first-order valence-corrected chi connectivity index (χ1v) is 5.78. The van der Waals surface area contributed by atoms with E-state index in [1.54, 1.807) is 13.0 Å². The monoisotopic (exact) mass is 246 g/mol. The van der Waals surface area contributed by atoms with Crippen LogP contribution in [0.15, 0.2) is 48.5 Å². The first-order chi connectivity index (χ1) is 8.65. The number of benzene rings is 2. The lowest BCUT2D eigenvalue weighted by molar-refractivity contribution is 0.108. The number of halogens is 1. The Hall–Kier alpha value is -1.87. The first-order valence-electron chi connectivity index (χ1n) is 5.78. The average Bonchev–Trinajstić information content (AvgIpc) is 2.36. The summed E-state index contributed by atoms with van der Waals surface area (Å²) in [6.45, 7) is 1.89. The van der Waals surface area contributed by atoms with Gasteiger partial charge in [-0.15, -0.1) is 0 Å². The van der Waals surface area contributed by atoms with Crippen LogP contribution in [0.4, 0.5) is 4.39 Å². The van der Waals surface area contributed by atoms with Crippen LogP contribution in [0, 0.1) is 12.7 Å². The number of ether oxygens (including phenoxy) is 1. The molecule has 0 heterocycles. The summed E-state index contributed by atoms with van der Waals surface area (Å²) in [4.78, 5) is 0. The smallest absolute Gasteiger partial charge is 0.123 e. The molecule has 2 nitrogen and oxygen atoms in total. The molecule has 2 rings (SSSR count). The summed E-state index contributed by atoms with van der Waals surface area (Å²) in [5.41, 5.74) is 1.31. The van der Waals surface area contributed by atoms with Gasteiger partial charge in [-0.2, -0.15) is 0 Å². The van der Waals surface area contributed by atoms with Crippen molar-refractivity contribution in [3.63, 3.8) is 0 Å². The summed E-state index contributed by atoms with van der Waals surface area (Å²) < 4.78 is 18.6. The van der Waals surface area contributed by atoms with E-state index in [4.69, 9.17) is 4.74 Å². The van der Waals surface area contributed by atoms with Gasteiger partial charge in [0.25, 0.3) is 0 Å². The van der Waals surface area contributed by atoms with E-state index in [1.165, 1.54) is 12.1 Å². The lowest BCUT2D eigenvalue weighted by Gasteiger charge is -2.13. The third kappa shape index (κ3) is 3.31. The largest absolute Gasteiger partial charge is 0.491 e. The molecule has 2 aromatic carbocycles. The molecule has 0 aliphatic carbocycles. The van der Waals surface area contributed by atoms with Crippen LogP contribution < -0.4 is 4.74 Å². The van der Waals surface area contributed by atoms with Crippen molar-refractivity contribution in [2.75, 3.05) is 6.61 Å². The second kappa shape index (κ2) is 5.65. The van der Waals surface area contributed by atoms with Crippen LogP contribution in [0.25, 0.3) is 0 Å². The highest BCUT2D eigenvalue weighted by molar-refractivity contribution is 5.26. The fraction of sp³-hybridized carbons (Fsp3) is 0.200. The van der Waals surface area contributed by atoms with Crippen molar-refractivity contribution in [2.24, 2.45) is 0 Å². The van der Waals surface area contributed by atoms with Crippen molar-refractivity contribution in [1.82, 2.24) is 0 Å². The van der Waals surface area contributed by atoms with Crippen molar-refractivity contribution in [3.05, 3.63) is 65.5 Å². The molecule has 0 aliphatic heterocycles. The quantitative estimate of drug-likeness (QED) is 0.897. The third-order valence-electron chi connectivity index (χ3n) is 2.60. The molecule has 3 heteroatoms. The van der Waals surface area contributed by atoms with Gasteiger partial charge >= 0.3 is 0 Å². The number of aliphatic hydroxyl groups is 1. The Labute approximate surface area is 106 Å². The van der Waals surface area contributed by atoms with E-state index in [2.05, 4.69) is 0 Å². The van der Waals surface area contributed by atoms with Crippen LogP contribution >= 0.6 is 0 Å². The van der Waals surface area contributed by atoms with E-state index in [-0.39, 0.29) is 12.4 Å². The fourth-order valence-corrected chi connectivity index (χ4v) is 1.75. The van der Waals surface area contributed by atoms with Gasteiger partial charge in [0.05, 0.1) is 0 Å². The predicted molar refractivity (Wildman–Crippen MR) is 68.0 cm³/mol. The lowest BCUT2D eigenvalue weighted by atomic mass is 10.1. The molecule has 18 heavy (non-hydrogen) atoms. The Morgan fingerprint density at radius 3 is 2.56 bits per heavy atom. The molecule has 0 fully saturated rings. The molecule has 0 aliphatic rings. The highest BCUT2D eigenvalue weighted by Gasteiger charge is 2.10. The van der Waals surface area contributed by atoms with Gasteiger partial charge in [0.2, 0.25) is 0 Å². The van der Waals surface area contributed by atoms with Crippen LogP contribution in [0.2, 0.25) is 0 Å². The summed E-state index contributed by atoms with van der Waals surface area (Å²) in [6, 6.07) is 13.7. The van der Waals surface area contributed by atoms with Crippen molar-refractivity contribution in [3.8, 4) is 5.75 Å². The van der Waals surface area contributed by atoms with Gasteiger partial charge in [0.15, 0.2) is 0 Å². The Balaban J connectivity index is 2.01. The molecule has 0 saturated heterocycles. The van der Waals surface area contributed by atoms with Crippen LogP contribution in [0.1, 0.15) is 17.2 Å². The molecule has 1 N–H and O–H groups in total. The molecule has 0 radical (unpaired) electrons. The standard InChI is InChI=1S/C15H15FO2/c1-11-7-12(9-13(16)8-11)15(17)10-18-14-5-3-2-4-6-14/h2-9,15,17H,10H2,1H3. The van der Waals surface area contributed by atoms with Gasteiger partial charge in [0.1, 0.15) is 24.3 Å². The van der Waals surface area contributed by atoms with Crippen molar-refractivity contribution < 1.29 is 14.2 Å². The number of hydrogen-bond acceptors (Lipinski definition) is 2. The molecule has 0 aromatic heterocycles. The molecule has 0 amide bonds. The zero-order valence-electron chi connectivity index (χ0n) is 10.1. The predicted octanol–water partition coefficient (Wildman–Crippen LogP) is 3.25.